The quantitative estimate of drug-likeness (QED) is 0.166. The Morgan fingerprint density at radius 3 is 2.30 bits per heavy atom. The summed E-state index contributed by atoms with van der Waals surface area (Å²) in [4.78, 5) is 48.4. The van der Waals surface area contributed by atoms with E-state index >= 15 is 0 Å². The predicted octanol–water partition coefficient (Wildman–Crippen LogP) is 8.16. The molecule has 258 valence electrons. The third-order valence-corrected chi connectivity index (χ3v) is 9.33. The van der Waals surface area contributed by atoms with Crippen molar-refractivity contribution >= 4 is 40.1 Å². The monoisotopic (exact) mass is 672 g/mol. The first-order valence-corrected chi connectivity index (χ1v) is 17.4. The number of aliphatic imine (C=N–C) groups is 1. The van der Waals surface area contributed by atoms with E-state index in [-0.39, 0.29) is 24.0 Å². The van der Waals surface area contributed by atoms with Crippen molar-refractivity contribution < 1.29 is 19.1 Å². The highest BCUT2D eigenvalue weighted by Gasteiger charge is 2.31. The molecule has 4 aromatic rings. The Kier molecular flexibility index (Phi) is 10.7. The zero-order chi connectivity index (χ0) is 35.1. The number of alkyl carbamates (subject to hydrolysis) is 1. The van der Waals surface area contributed by atoms with E-state index in [0.29, 0.717) is 37.1 Å². The maximum atomic E-state index is 13.8. The van der Waals surface area contributed by atoms with Gasteiger partial charge in [0.15, 0.2) is 12.5 Å². The molecule has 0 unspecified atom stereocenters. The second-order valence-corrected chi connectivity index (χ2v) is 14.2. The summed E-state index contributed by atoms with van der Waals surface area (Å²) < 4.78 is 5.36. The number of pyridine rings is 1. The van der Waals surface area contributed by atoms with Crippen molar-refractivity contribution in [2.45, 2.75) is 64.9 Å². The van der Waals surface area contributed by atoms with Crippen LogP contribution in [-0.2, 0) is 20.7 Å². The van der Waals surface area contributed by atoms with Gasteiger partial charge in [-0.25, -0.2) is 9.79 Å². The number of fused-ring (bicyclic) bond motifs is 1. The highest BCUT2D eigenvalue weighted by Crippen LogP contribution is 2.32. The number of hydrogen-bond donors (Lipinski definition) is 2. The number of nitrogens with zero attached hydrogens (tertiary/aromatic N) is 4. The lowest BCUT2D eigenvalue weighted by molar-refractivity contribution is -0.129. The number of amidine groups is 1. The first-order valence-electron chi connectivity index (χ1n) is 17.4. The number of ketones is 1. The predicted molar refractivity (Wildman–Crippen MR) is 195 cm³/mol. The molecular weight excluding hydrogens is 628 g/mol. The lowest BCUT2D eigenvalue weighted by atomic mass is 9.77. The number of hydrogen-bond acceptors (Lipinski definition) is 8. The van der Waals surface area contributed by atoms with Crippen LogP contribution in [0.25, 0.3) is 21.9 Å². The number of benzene rings is 3. The average Bonchev–Trinajstić information content (AvgIpc) is 3.66. The molecule has 1 atom stereocenters. The second-order valence-electron chi connectivity index (χ2n) is 14.2. The van der Waals surface area contributed by atoms with Gasteiger partial charge in [0.2, 0.25) is 5.91 Å². The average molecular weight is 673 g/mol. The van der Waals surface area contributed by atoms with Gasteiger partial charge in [-0.2, -0.15) is 5.11 Å². The lowest BCUT2D eigenvalue weighted by Gasteiger charge is -2.29. The number of rotatable bonds is 11. The zero-order valence-corrected chi connectivity index (χ0v) is 28.9. The molecule has 0 bridgehead atoms. The zero-order valence-electron chi connectivity index (χ0n) is 28.9. The molecule has 6 rings (SSSR count). The SMILES string of the molecule is CC(C)(C)OC(=O)NCC1CCC(C(=O)C[C@@H](Cc2ccc(-c3cncc4ccccc34)cc2)C(=O)Nc2ccc(C3=NCN=N3)cc2)CC1. The van der Waals surface area contributed by atoms with Crippen LogP contribution in [0.3, 0.4) is 0 Å². The number of nitrogens with one attached hydrogen (secondary N) is 2. The molecule has 1 aliphatic heterocycles. The minimum Gasteiger partial charge on any atom is -0.444 e. The minimum absolute atomic E-state index is 0.107. The summed E-state index contributed by atoms with van der Waals surface area (Å²) in [6.45, 7) is 6.37. The molecule has 10 nitrogen and oxygen atoms in total. The standard InChI is InChI=1S/C40H44N6O4/c1-40(2,3)50-39(49)42-22-27-10-14-29(15-11-27)36(47)21-32(38(48)45-33-18-16-30(17-19-33)37-43-25-44-46-37)20-26-8-12-28(13-9-26)35-24-41-23-31-6-4-5-7-34(31)35/h4-9,12-13,16-19,23-24,27,29,32H,10-11,14-15,20-22,25H2,1-3H3,(H,42,49)(H,45,48)/t27?,29?,32-/m1/s1. The van der Waals surface area contributed by atoms with Crippen molar-refractivity contribution in [3.8, 4) is 11.1 Å². The van der Waals surface area contributed by atoms with E-state index in [9.17, 15) is 14.4 Å². The Morgan fingerprint density at radius 1 is 0.880 bits per heavy atom. The maximum Gasteiger partial charge on any atom is 0.407 e. The molecule has 1 aliphatic carbocycles. The number of ether oxygens (including phenoxy) is 1. The number of azo groups is 1. The van der Waals surface area contributed by atoms with Crippen LogP contribution in [0, 0.1) is 17.8 Å². The molecule has 1 saturated carbocycles. The van der Waals surface area contributed by atoms with E-state index in [1.54, 1.807) is 0 Å². The first-order chi connectivity index (χ1) is 24.1. The van der Waals surface area contributed by atoms with Gasteiger partial charge in [-0.3, -0.25) is 14.6 Å². The largest absolute Gasteiger partial charge is 0.444 e. The van der Waals surface area contributed by atoms with E-state index in [4.69, 9.17) is 4.74 Å². The van der Waals surface area contributed by atoms with Crippen LogP contribution in [0.5, 0.6) is 0 Å². The first kappa shape index (κ1) is 34.6. The number of carbonyl (C=O) groups excluding carboxylic acids is 3. The van der Waals surface area contributed by atoms with Crippen molar-refractivity contribution in [1.82, 2.24) is 10.3 Å². The van der Waals surface area contributed by atoms with Gasteiger partial charge in [0, 0.05) is 59.4 Å². The van der Waals surface area contributed by atoms with Gasteiger partial charge in [0.1, 0.15) is 11.4 Å². The van der Waals surface area contributed by atoms with Gasteiger partial charge < -0.3 is 15.4 Å². The second kappa shape index (κ2) is 15.5. The van der Waals surface area contributed by atoms with Gasteiger partial charge in [-0.1, -0.05) is 48.5 Å². The molecule has 3 aromatic carbocycles. The summed E-state index contributed by atoms with van der Waals surface area (Å²) in [7, 11) is 0. The number of aromatic nitrogens is 1. The number of anilines is 1. The topological polar surface area (TPSA) is 134 Å². The number of amides is 2. The van der Waals surface area contributed by atoms with E-state index in [1.165, 1.54) is 0 Å². The fourth-order valence-electron chi connectivity index (χ4n) is 6.67. The molecule has 0 spiro atoms. The van der Waals surface area contributed by atoms with Crippen LogP contribution >= 0.6 is 0 Å². The van der Waals surface area contributed by atoms with Crippen LogP contribution in [0.4, 0.5) is 10.5 Å². The molecule has 2 aliphatic rings. The Morgan fingerprint density at radius 2 is 1.60 bits per heavy atom. The molecular formula is C40H44N6O4. The van der Waals surface area contributed by atoms with Crippen molar-refractivity contribution in [2.24, 2.45) is 33.0 Å². The molecule has 50 heavy (non-hydrogen) atoms. The maximum absolute atomic E-state index is 13.8. The van der Waals surface area contributed by atoms with Gasteiger partial charge >= 0.3 is 6.09 Å². The smallest absolute Gasteiger partial charge is 0.407 e. The van der Waals surface area contributed by atoms with Gasteiger partial charge in [-0.05, 0) is 99.6 Å². The molecule has 0 saturated heterocycles. The van der Waals surface area contributed by atoms with Crippen molar-refractivity contribution in [3.63, 3.8) is 0 Å². The molecule has 0 radical (unpaired) electrons. The number of Topliss-reactive ketones (excluding diaryl/α,β-unsaturated/α-hetero) is 1. The van der Waals surface area contributed by atoms with Crippen LogP contribution in [0.15, 0.2) is 100 Å². The Balaban J connectivity index is 1.12. The lowest BCUT2D eigenvalue weighted by Crippen LogP contribution is -2.37. The summed E-state index contributed by atoms with van der Waals surface area (Å²) in [5.74, 6) is 0.130. The number of carbonyl (C=O) groups is 3. The van der Waals surface area contributed by atoms with Gasteiger partial charge in [0.25, 0.3) is 0 Å². The van der Waals surface area contributed by atoms with Crippen LogP contribution in [0.1, 0.15) is 64.0 Å². The molecule has 1 fully saturated rings. The van der Waals surface area contributed by atoms with E-state index in [2.05, 4.69) is 55.1 Å². The molecule has 10 heteroatoms. The summed E-state index contributed by atoms with van der Waals surface area (Å²) in [6.07, 6.45) is 7.06. The fraction of sp³-hybridized carbons (Fsp3) is 0.375. The van der Waals surface area contributed by atoms with Crippen molar-refractivity contribution in [3.05, 3.63) is 96.3 Å². The van der Waals surface area contributed by atoms with E-state index < -0.39 is 17.6 Å². The minimum atomic E-state index is -0.549. The van der Waals surface area contributed by atoms with E-state index in [1.807, 2.05) is 81.7 Å². The van der Waals surface area contributed by atoms with Crippen LogP contribution < -0.4 is 10.6 Å². The fourth-order valence-corrected chi connectivity index (χ4v) is 6.67. The third kappa shape index (κ3) is 9.05. The molecule has 2 amide bonds. The normalized spacial score (nSPS) is 17.9. The summed E-state index contributed by atoms with van der Waals surface area (Å²) in [6, 6.07) is 23.7. The Labute approximate surface area is 292 Å². The molecule has 1 aromatic heterocycles. The molecule has 2 heterocycles. The summed E-state index contributed by atoms with van der Waals surface area (Å²) >= 11 is 0. The highest BCUT2D eigenvalue weighted by molar-refractivity contribution is 6.01. The Bertz CT molecular complexity index is 1880. The Hall–Kier alpha value is -5.25. The van der Waals surface area contributed by atoms with Gasteiger partial charge in [-0.15, -0.1) is 5.11 Å². The highest BCUT2D eigenvalue weighted by atomic mass is 16.6. The van der Waals surface area contributed by atoms with Crippen molar-refractivity contribution in [2.75, 3.05) is 18.5 Å². The van der Waals surface area contributed by atoms with E-state index in [0.717, 1.165) is 58.7 Å². The van der Waals surface area contributed by atoms with Gasteiger partial charge in [0.05, 0.1) is 0 Å². The van der Waals surface area contributed by atoms with Crippen LogP contribution in [-0.4, -0.2) is 47.4 Å². The summed E-state index contributed by atoms with van der Waals surface area (Å²) in [5, 5.41) is 16.1. The molecule has 2 N–H and O–H groups in total. The van der Waals surface area contributed by atoms with Crippen LogP contribution in [0.2, 0.25) is 0 Å². The summed E-state index contributed by atoms with van der Waals surface area (Å²) in [5.41, 5.74) is 3.99. The van der Waals surface area contributed by atoms with Crippen molar-refractivity contribution in [1.29, 1.82) is 0 Å². The third-order valence-electron chi connectivity index (χ3n) is 9.33.